The third-order valence-corrected chi connectivity index (χ3v) is 3.55. The fourth-order valence-electron chi connectivity index (χ4n) is 1.94. The number of methoxy groups -OCH3 is 1. The number of likely N-dealkylation sites (N-methyl/N-ethyl adjacent to an activating group) is 1. The standard InChI is InChI=1S/C15H23F2NO/c1-15(2,19-4)9-8-12(18-3)10-11-6-5-7-13(16)14(11)17/h5-7,12,18H,8-10H2,1-4H3. The molecule has 1 atom stereocenters. The van der Waals surface area contributed by atoms with E-state index in [1.165, 1.54) is 0 Å². The Kier molecular flexibility index (Phi) is 5.88. The molecular weight excluding hydrogens is 248 g/mol. The normalized spacial score (nSPS) is 13.6. The topological polar surface area (TPSA) is 21.3 Å². The van der Waals surface area contributed by atoms with Gasteiger partial charge in [-0.2, -0.15) is 0 Å². The van der Waals surface area contributed by atoms with Crippen molar-refractivity contribution in [3.63, 3.8) is 0 Å². The van der Waals surface area contributed by atoms with Gasteiger partial charge in [-0.3, -0.25) is 0 Å². The van der Waals surface area contributed by atoms with Crippen molar-refractivity contribution in [2.75, 3.05) is 14.2 Å². The number of hydrogen-bond donors (Lipinski definition) is 1. The summed E-state index contributed by atoms with van der Waals surface area (Å²) in [5.74, 6) is -1.53. The van der Waals surface area contributed by atoms with Crippen molar-refractivity contribution in [2.45, 2.75) is 44.8 Å². The first kappa shape index (κ1) is 16.1. The summed E-state index contributed by atoms with van der Waals surface area (Å²) < 4.78 is 32.1. The second-order valence-corrected chi connectivity index (χ2v) is 5.41. The molecule has 19 heavy (non-hydrogen) atoms. The number of halogens is 2. The molecule has 0 spiro atoms. The van der Waals surface area contributed by atoms with Crippen LogP contribution in [0.3, 0.4) is 0 Å². The van der Waals surface area contributed by atoms with Crippen LogP contribution in [0.15, 0.2) is 18.2 Å². The average molecular weight is 271 g/mol. The highest BCUT2D eigenvalue weighted by molar-refractivity contribution is 5.20. The smallest absolute Gasteiger partial charge is 0.162 e. The van der Waals surface area contributed by atoms with Gasteiger partial charge in [-0.15, -0.1) is 0 Å². The van der Waals surface area contributed by atoms with Crippen LogP contribution < -0.4 is 5.32 Å². The Bertz CT molecular complexity index is 407. The van der Waals surface area contributed by atoms with Gasteiger partial charge in [0, 0.05) is 13.2 Å². The first-order chi connectivity index (χ1) is 8.89. The fraction of sp³-hybridized carbons (Fsp3) is 0.600. The molecule has 0 bridgehead atoms. The van der Waals surface area contributed by atoms with Gasteiger partial charge in [-0.25, -0.2) is 8.78 Å². The van der Waals surface area contributed by atoms with Crippen LogP contribution in [0.4, 0.5) is 8.78 Å². The molecule has 1 aromatic carbocycles. The molecule has 1 rings (SSSR count). The van der Waals surface area contributed by atoms with Crippen molar-refractivity contribution in [3.05, 3.63) is 35.4 Å². The Morgan fingerprint density at radius 2 is 2.00 bits per heavy atom. The molecule has 1 N–H and O–H groups in total. The highest BCUT2D eigenvalue weighted by Crippen LogP contribution is 2.19. The van der Waals surface area contributed by atoms with Crippen LogP contribution in [-0.2, 0) is 11.2 Å². The summed E-state index contributed by atoms with van der Waals surface area (Å²) in [6.45, 7) is 4.03. The number of ether oxygens (including phenoxy) is 1. The molecule has 0 saturated carbocycles. The minimum Gasteiger partial charge on any atom is -0.379 e. The van der Waals surface area contributed by atoms with Crippen LogP contribution in [-0.4, -0.2) is 25.8 Å². The minimum absolute atomic E-state index is 0.103. The zero-order chi connectivity index (χ0) is 14.5. The van der Waals surface area contributed by atoms with Crippen molar-refractivity contribution in [2.24, 2.45) is 0 Å². The number of benzene rings is 1. The summed E-state index contributed by atoms with van der Waals surface area (Å²) >= 11 is 0. The van der Waals surface area contributed by atoms with E-state index in [4.69, 9.17) is 4.74 Å². The SMILES string of the molecule is CNC(CCC(C)(C)OC)Cc1cccc(F)c1F. The Labute approximate surface area is 114 Å². The lowest BCUT2D eigenvalue weighted by molar-refractivity contribution is 0.0119. The Hall–Kier alpha value is -1.00. The molecular formula is C15H23F2NO. The minimum atomic E-state index is -0.787. The van der Waals surface area contributed by atoms with Crippen LogP contribution in [0.2, 0.25) is 0 Å². The van der Waals surface area contributed by atoms with E-state index in [9.17, 15) is 8.78 Å². The van der Waals surface area contributed by atoms with Gasteiger partial charge >= 0.3 is 0 Å². The van der Waals surface area contributed by atoms with E-state index in [0.29, 0.717) is 12.0 Å². The summed E-state index contributed by atoms with van der Waals surface area (Å²) in [4.78, 5) is 0. The maximum Gasteiger partial charge on any atom is 0.162 e. The van der Waals surface area contributed by atoms with Gasteiger partial charge in [0.15, 0.2) is 11.6 Å². The quantitative estimate of drug-likeness (QED) is 0.821. The van der Waals surface area contributed by atoms with Gasteiger partial charge in [0.25, 0.3) is 0 Å². The molecule has 0 heterocycles. The number of nitrogens with one attached hydrogen (secondary N) is 1. The molecule has 0 aromatic heterocycles. The van der Waals surface area contributed by atoms with Crippen LogP contribution >= 0.6 is 0 Å². The highest BCUT2D eigenvalue weighted by atomic mass is 19.2. The molecule has 0 radical (unpaired) electrons. The van der Waals surface area contributed by atoms with E-state index < -0.39 is 11.6 Å². The number of rotatable bonds is 7. The predicted octanol–water partition coefficient (Wildman–Crippen LogP) is 3.30. The van der Waals surface area contributed by atoms with E-state index in [0.717, 1.165) is 18.9 Å². The first-order valence-corrected chi connectivity index (χ1v) is 6.55. The second-order valence-electron chi connectivity index (χ2n) is 5.41. The molecule has 0 amide bonds. The van der Waals surface area contributed by atoms with Gasteiger partial charge in [0.05, 0.1) is 5.60 Å². The maximum absolute atomic E-state index is 13.6. The van der Waals surface area contributed by atoms with Gasteiger partial charge in [-0.1, -0.05) is 12.1 Å². The summed E-state index contributed by atoms with van der Waals surface area (Å²) in [7, 11) is 3.52. The molecule has 1 aromatic rings. The van der Waals surface area contributed by atoms with Crippen LogP contribution in [0, 0.1) is 11.6 Å². The van der Waals surface area contributed by atoms with Gasteiger partial charge in [0.2, 0.25) is 0 Å². The molecule has 0 aliphatic heterocycles. The van der Waals surface area contributed by atoms with E-state index in [1.807, 2.05) is 20.9 Å². The van der Waals surface area contributed by atoms with E-state index in [2.05, 4.69) is 5.32 Å². The molecule has 0 fully saturated rings. The lowest BCUT2D eigenvalue weighted by Gasteiger charge is -2.26. The van der Waals surface area contributed by atoms with Crippen molar-refractivity contribution in [3.8, 4) is 0 Å². The summed E-state index contributed by atoms with van der Waals surface area (Å²) in [6.07, 6.45) is 2.17. The van der Waals surface area contributed by atoms with E-state index in [-0.39, 0.29) is 11.6 Å². The van der Waals surface area contributed by atoms with Crippen LogP contribution in [0.1, 0.15) is 32.3 Å². The van der Waals surface area contributed by atoms with Crippen molar-refractivity contribution in [1.82, 2.24) is 5.32 Å². The predicted molar refractivity (Wildman–Crippen MR) is 73.2 cm³/mol. The average Bonchev–Trinajstić information content (AvgIpc) is 2.39. The lowest BCUT2D eigenvalue weighted by Crippen LogP contribution is -2.32. The number of hydrogen-bond acceptors (Lipinski definition) is 2. The molecule has 0 aliphatic carbocycles. The molecule has 108 valence electrons. The zero-order valence-corrected chi connectivity index (χ0v) is 12.1. The third-order valence-electron chi connectivity index (χ3n) is 3.55. The molecule has 2 nitrogen and oxygen atoms in total. The molecule has 1 unspecified atom stereocenters. The summed E-state index contributed by atoms with van der Waals surface area (Å²) in [5, 5.41) is 3.15. The second kappa shape index (κ2) is 6.96. The summed E-state index contributed by atoms with van der Waals surface area (Å²) in [5.41, 5.74) is 0.213. The highest BCUT2D eigenvalue weighted by Gasteiger charge is 2.20. The van der Waals surface area contributed by atoms with Crippen molar-refractivity contribution in [1.29, 1.82) is 0 Å². The van der Waals surface area contributed by atoms with E-state index in [1.54, 1.807) is 19.2 Å². The maximum atomic E-state index is 13.6. The van der Waals surface area contributed by atoms with Crippen LogP contribution in [0.25, 0.3) is 0 Å². The molecule has 4 heteroatoms. The zero-order valence-electron chi connectivity index (χ0n) is 12.1. The molecule has 0 saturated heterocycles. The lowest BCUT2D eigenvalue weighted by atomic mass is 9.95. The summed E-state index contributed by atoms with van der Waals surface area (Å²) in [6, 6.07) is 4.41. The van der Waals surface area contributed by atoms with Gasteiger partial charge in [-0.05, 0) is 51.8 Å². The monoisotopic (exact) mass is 271 g/mol. The van der Waals surface area contributed by atoms with Gasteiger partial charge in [0.1, 0.15) is 0 Å². The van der Waals surface area contributed by atoms with E-state index >= 15 is 0 Å². The third kappa shape index (κ3) is 4.88. The van der Waals surface area contributed by atoms with Crippen molar-refractivity contribution >= 4 is 0 Å². The fourth-order valence-corrected chi connectivity index (χ4v) is 1.94. The van der Waals surface area contributed by atoms with Crippen LogP contribution in [0.5, 0.6) is 0 Å². The first-order valence-electron chi connectivity index (χ1n) is 6.55. The Morgan fingerprint density at radius 3 is 2.58 bits per heavy atom. The Morgan fingerprint density at radius 1 is 1.32 bits per heavy atom. The van der Waals surface area contributed by atoms with Crippen molar-refractivity contribution < 1.29 is 13.5 Å². The Balaban J connectivity index is 2.64. The largest absolute Gasteiger partial charge is 0.379 e. The molecule has 0 aliphatic rings. The van der Waals surface area contributed by atoms with Gasteiger partial charge < -0.3 is 10.1 Å².